The van der Waals surface area contributed by atoms with E-state index in [9.17, 15) is 0 Å². The van der Waals surface area contributed by atoms with Crippen LogP contribution in [0, 0.1) is 5.92 Å². The lowest BCUT2D eigenvalue weighted by Gasteiger charge is -2.21. The van der Waals surface area contributed by atoms with E-state index in [0.29, 0.717) is 11.9 Å². The third-order valence-electron chi connectivity index (χ3n) is 4.64. The summed E-state index contributed by atoms with van der Waals surface area (Å²) in [6.07, 6.45) is 3.76. The lowest BCUT2D eigenvalue weighted by Crippen LogP contribution is -2.34. The molecule has 0 aliphatic carbocycles. The monoisotopic (exact) mass is 481 g/mol. The molecule has 1 saturated heterocycles. The zero-order chi connectivity index (χ0) is 18.2. The van der Waals surface area contributed by atoms with Crippen LogP contribution in [0.1, 0.15) is 12.1 Å². The topological polar surface area (TPSA) is 75.8 Å². The van der Waals surface area contributed by atoms with E-state index in [1.54, 1.807) is 13.3 Å². The van der Waals surface area contributed by atoms with Crippen LogP contribution in [0.15, 0.2) is 53.7 Å². The van der Waals surface area contributed by atoms with Gasteiger partial charge in [-0.2, -0.15) is 0 Å². The van der Waals surface area contributed by atoms with Gasteiger partial charge in [0.1, 0.15) is 5.75 Å². The molecule has 1 aromatic carbocycles. The summed E-state index contributed by atoms with van der Waals surface area (Å²) < 4.78 is 5.47. The molecule has 2 heterocycles. The highest BCUT2D eigenvalue weighted by Gasteiger charge is 2.24. The summed E-state index contributed by atoms with van der Waals surface area (Å²) in [6.45, 7) is 3.48. The molecular weight excluding hydrogens is 453 g/mol. The van der Waals surface area contributed by atoms with Crippen molar-refractivity contribution in [2.24, 2.45) is 16.6 Å². The zero-order valence-electron chi connectivity index (χ0n) is 15.7. The normalized spacial score (nSPS) is 16.7. The van der Waals surface area contributed by atoms with Gasteiger partial charge >= 0.3 is 0 Å². The van der Waals surface area contributed by atoms with Gasteiger partial charge in [-0.15, -0.1) is 24.0 Å². The minimum atomic E-state index is 0. The Labute approximate surface area is 178 Å². The van der Waals surface area contributed by atoms with Crippen molar-refractivity contribution >= 4 is 35.6 Å². The van der Waals surface area contributed by atoms with Crippen molar-refractivity contribution in [2.75, 3.05) is 38.2 Å². The number of pyridine rings is 1. The van der Waals surface area contributed by atoms with Crippen LogP contribution < -0.4 is 20.7 Å². The number of para-hydroxylation sites is 2. The van der Waals surface area contributed by atoms with Crippen LogP contribution in [0.3, 0.4) is 0 Å². The first-order valence-electron chi connectivity index (χ1n) is 9.08. The molecular formula is C20H28IN5O. The minimum Gasteiger partial charge on any atom is -0.495 e. The molecule has 0 amide bonds. The Bertz CT molecular complexity index is 725. The Balaban J connectivity index is 0.00000261. The number of guanidine groups is 1. The molecule has 0 bridgehead atoms. The van der Waals surface area contributed by atoms with Crippen molar-refractivity contribution in [3.05, 3.63) is 54.4 Å². The summed E-state index contributed by atoms with van der Waals surface area (Å²) in [5.74, 6) is 1.94. The van der Waals surface area contributed by atoms with E-state index in [-0.39, 0.29) is 24.0 Å². The number of ether oxygens (including phenoxy) is 1. The maximum Gasteiger partial charge on any atom is 0.188 e. The van der Waals surface area contributed by atoms with Crippen LogP contribution in [0.25, 0.3) is 0 Å². The summed E-state index contributed by atoms with van der Waals surface area (Å²) in [4.78, 5) is 11.2. The standard InChI is InChI=1S/C20H27N5O.HI/c1-26-19-8-3-2-7-18(19)25-13-10-16(15-25)14-24-20(21)23-12-9-17-6-4-5-11-22-17;/h2-8,11,16H,9-10,12-15H2,1H3,(H3,21,23,24);1H. The summed E-state index contributed by atoms with van der Waals surface area (Å²) in [5, 5.41) is 3.17. The van der Waals surface area contributed by atoms with Crippen LogP contribution >= 0.6 is 24.0 Å². The third kappa shape index (κ3) is 6.27. The molecule has 1 fully saturated rings. The average molecular weight is 481 g/mol. The quantitative estimate of drug-likeness (QED) is 0.362. The Kier molecular flexibility index (Phi) is 8.63. The highest BCUT2D eigenvalue weighted by atomic mass is 127. The molecule has 7 heteroatoms. The van der Waals surface area contributed by atoms with E-state index in [4.69, 9.17) is 10.5 Å². The van der Waals surface area contributed by atoms with E-state index in [2.05, 4.69) is 26.3 Å². The Morgan fingerprint density at radius 1 is 1.30 bits per heavy atom. The van der Waals surface area contributed by atoms with Gasteiger partial charge < -0.3 is 20.7 Å². The number of hydrogen-bond acceptors (Lipinski definition) is 4. The molecule has 3 rings (SSSR count). The third-order valence-corrected chi connectivity index (χ3v) is 4.64. The average Bonchev–Trinajstić information content (AvgIpc) is 3.16. The second-order valence-corrected chi connectivity index (χ2v) is 6.50. The fourth-order valence-corrected chi connectivity index (χ4v) is 3.24. The van der Waals surface area contributed by atoms with Crippen LogP contribution in [-0.4, -0.2) is 44.2 Å². The maximum atomic E-state index is 5.99. The Morgan fingerprint density at radius 2 is 2.11 bits per heavy atom. The van der Waals surface area contributed by atoms with Crippen LogP contribution in [0.2, 0.25) is 0 Å². The molecule has 0 spiro atoms. The molecule has 1 aromatic heterocycles. The molecule has 27 heavy (non-hydrogen) atoms. The highest BCUT2D eigenvalue weighted by molar-refractivity contribution is 14.0. The van der Waals surface area contributed by atoms with Crippen LogP contribution in [0.5, 0.6) is 5.75 Å². The van der Waals surface area contributed by atoms with Gasteiger partial charge in [0, 0.05) is 44.5 Å². The number of aliphatic imine (C=N–C) groups is 1. The number of nitrogens with two attached hydrogens (primary N) is 1. The van der Waals surface area contributed by atoms with Crippen molar-refractivity contribution in [1.82, 2.24) is 10.3 Å². The second kappa shape index (κ2) is 11.0. The predicted octanol–water partition coefficient (Wildman–Crippen LogP) is 2.68. The summed E-state index contributed by atoms with van der Waals surface area (Å²) in [7, 11) is 1.72. The highest BCUT2D eigenvalue weighted by Crippen LogP contribution is 2.31. The summed E-state index contributed by atoms with van der Waals surface area (Å²) in [6, 6.07) is 14.1. The second-order valence-electron chi connectivity index (χ2n) is 6.50. The van der Waals surface area contributed by atoms with Gasteiger partial charge in [0.05, 0.1) is 12.8 Å². The molecule has 1 atom stereocenters. The van der Waals surface area contributed by atoms with E-state index in [1.807, 2.05) is 36.4 Å². The Morgan fingerprint density at radius 3 is 2.89 bits per heavy atom. The number of benzene rings is 1. The van der Waals surface area contributed by atoms with E-state index >= 15 is 0 Å². The summed E-state index contributed by atoms with van der Waals surface area (Å²) >= 11 is 0. The first-order chi connectivity index (χ1) is 12.8. The molecule has 6 nitrogen and oxygen atoms in total. The van der Waals surface area contributed by atoms with Crippen molar-refractivity contribution in [3.8, 4) is 5.75 Å². The molecule has 1 aliphatic rings. The number of hydrogen-bond donors (Lipinski definition) is 2. The first kappa shape index (κ1) is 21.3. The van der Waals surface area contributed by atoms with Gasteiger partial charge in [0.25, 0.3) is 0 Å². The van der Waals surface area contributed by atoms with Gasteiger partial charge in [0.2, 0.25) is 0 Å². The molecule has 3 N–H and O–H groups in total. The van der Waals surface area contributed by atoms with Gasteiger partial charge in [-0.25, -0.2) is 0 Å². The van der Waals surface area contributed by atoms with Gasteiger partial charge in [-0.3, -0.25) is 9.98 Å². The maximum absolute atomic E-state index is 5.99. The molecule has 1 aliphatic heterocycles. The first-order valence-corrected chi connectivity index (χ1v) is 9.08. The lowest BCUT2D eigenvalue weighted by molar-refractivity contribution is 0.414. The lowest BCUT2D eigenvalue weighted by atomic mass is 10.1. The largest absolute Gasteiger partial charge is 0.495 e. The van der Waals surface area contributed by atoms with E-state index in [1.165, 1.54) is 0 Å². The van der Waals surface area contributed by atoms with Gasteiger partial charge in [-0.1, -0.05) is 18.2 Å². The number of rotatable bonds is 7. The van der Waals surface area contributed by atoms with Crippen molar-refractivity contribution in [2.45, 2.75) is 12.8 Å². The SMILES string of the molecule is COc1ccccc1N1CCC(CN=C(N)NCCc2ccccn2)C1.I. The van der Waals surface area contributed by atoms with Gasteiger partial charge in [0.15, 0.2) is 5.96 Å². The smallest absolute Gasteiger partial charge is 0.188 e. The van der Waals surface area contributed by atoms with E-state index in [0.717, 1.165) is 56.2 Å². The van der Waals surface area contributed by atoms with Crippen LogP contribution in [-0.2, 0) is 6.42 Å². The molecule has 1 unspecified atom stereocenters. The predicted molar refractivity (Wildman–Crippen MR) is 121 cm³/mol. The van der Waals surface area contributed by atoms with Crippen molar-refractivity contribution in [3.63, 3.8) is 0 Å². The fraction of sp³-hybridized carbons (Fsp3) is 0.400. The fourth-order valence-electron chi connectivity index (χ4n) is 3.24. The number of aromatic nitrogens is 1. The number of nitrogens with zero attached hydrogens (tertiary/aromatic N) is 3. The van der Waals surface area contributed by atoms with Crippen LogP contribution in [0.4, 0.5) is 5.69 Å². The van der Waals surface area contributed by atoms with Crippen molar-refractivity contribution < 1.29 is 4.74 Å². The number of nitrogens with one attached hydrogen (secondary N) is 1. The molecule has 0 saturated carbocycles. The Hall–Kier alpha value is -2.03. The van der Waals surface area contributed by atoms with E-state index < -0.39 is 0 Å². The number of methoxy groups -OCH3 is 1. The molecule has 2 aromatic rings. The zero-order valence-corrected chi connectivity index (χ0v) is 18.0. The minimum absolute atomic E-state index is 0. The molecule has 146 valence electrons. The molecule has 0 radical (unpaired) electrons. The number of halogens is 1. The van der Waals surface area contributed by atoms with Gasteiger partial charge in [-0.05, 0) is 36.6 Å². The number of anilines is 1. The van der Waals surface area contributed by atoms with Crippen molar-refractivity contribution in [1.29, 1.82) is 0 Å². The summed E-state index contributed by atoms with van der Waals surface area (Å²) in [5.41, 5.74) is 8.20.